The predicted molar refractivity (Wildman–Crippen MR) is 124 cm³/mol. The zero-order chi connectivity index (χ0) is 21.0. The molecule has 1 nitrogen and oxygen atoms in total. The molecule has 0 bridgehead atoms. The van der Waals surface area contributed by atoms with Crippen LogP contribution in [0.1, 0.15) is 112 Å². The van der Waals surface area contributed by atoms with Crippen molar-refractivity contribution in [2.45, 2.75) is 118 Å². The third-order valence-corrected chi connectivity index (χ3v) is 11.2. The maximum absolute atomic E-state index is 10.5. The molecule has 0 spiro atoms. The molecular weight excluding hydrogens is 352 g/mol. The van der Waals surface area contributed by atoms with Gasteiger partial charge in [-0.15, -0.1) is 0 Å². The van der Waals surface area contributed by atoms with Gasteiger partial charge in [0.15, 0.2) is 0 Å². The maximum Gasteiger partial charge on any atom is 0.0568 e. The van der Waals surface area contributed by atoms with Gasteiger partial charge in [-0.3, -0.25) is 0 Å². The van der Waals surface area contributed by atoms with Gasteiger partial charge in [0.05, 0.1) is 6.10 Å². The molecule has 0 aromatic heterocycles. The number of fused-ring (bicyclic) bond motifs is 5. The highest BCUT2D eigenvalue weighted by atomic mass is 16.3. The minimum Gasteiger partial charge on any atom is -0.393 e. The van der Waals surface area contributed by atoms with E-state index in [9.17, 15) is 5.11 Å². The van der Waals surface area contributed by atoms with Gasteiger partial charge in [-0.1, -0.05) is 60.8 Å². The second-order valence-electron chi connectivity index (χ2n) is 13.2. The highest BCUT2D eigenvalue weighted by molar-refractivity contribution is 5.10. The van der Waals surface area contributed by atoms with Crippen molar-refractivity contribution in [3.05, 3.63) is 0 Å². The fraction of sp³-hybridized carbons (Fsp3) is 1.00. The fourth-order valence-corrected chi connectivity index (χ4v) is 9.62. The Morgan fingerprint density at radius 2 is 1.62 bits per heavy atom. The predicted octanol–water partition coefficient (Wildman–Crippen LogP) is 7.71. The van der Waals surface area contributed by atoms with E-state index >= 15 is 0 Å². The van der Waals surface area contributed by atoms with Crippen molar-refractivity contribution in [3.63, 3.8) is 0 Å². The van der Waals surface area contributed by atoms with Crippen molar-refractivity contribution in [1.29, 1.82) is 0 Å². The van der Waals surface area contributed by atoms with E-state index in [-0.39, 0.29) is 6.10 Å². The molecule has 0 radical (unpaired) electrons. The van der Waals surface area contributed by atoms with Crippen LogP contribution in [0.4, 0.5) is 0 Å². The molecule has 0 saturated heterocycles. The third kappa shape index (κ3) is 3.74. The van der Waals surface area contributed by atoms with Gasteiger partial charge in [0.1, 0.15) is 0 Å². The molecule has 0 aromatic rings. The van der Waals surface area contributed by atoms with Crippen LogP contribution in [0.25, 0.3) is 0 Å². The molecule has 0 aliphatic heterocycles. The zero-order valence-electron chi connectivity index (χ0n) is 20.4. The monoisotopic (exact) mass is 402 g/mol. The lowest BCUT2D eigenvalue weighted by molar-refractivity contribution is -0.142. The molecular formula is C28H50O. The van der Waals surface area contributed by atoms with Gasteiger partial charge < -0.3 is 5.11 Å². The van der Waals surface area contributed by atoms with Crippen molar-refractivity contribution in [1.82, 2.24) is 0 Å². The Kier molecular flexibility index (Phi) is 6.22. The van der Waals surface area contributed by atoms with Crippen LogP contribution in [0.5, 0.6) is 0 Å². The van der Waals surface area contributed by atoms with E-state index in [1.807, 2.05) is 0 Å². The first-order chi connectivity index (χ1) is 13.7. The van der Waals surface area contributed by atoms with E-state index in [1.165, 1.54) is 64.2 Å². The van der Waals surface area contributed by atoms with Crippen LogP contribution in [0, 0.1) is 58.2 Å². The van der Waals surface area contributed by atoms with E-state index in [2.05, 4.69) is 41.5 Å². The van der Waals surface area contributed by atoms with E-state index in [1.54, 1.807) is 0 Å². The topological polar surface area (TPSA) is 20.2 Å². The lowest BCUT2D eigenvalue weighted by Crippen LogP contribution is -2.55. The molecule has 2 unspecified atom stereocenters. The summed E-state index contributed by atoms with van der Waals surface area (Å²) in [7, 11) is 0. The highest BCUT2D eigenvalue weighted by Gasteiger charge is 2.61. The van der Waals surface area contributed by atoms with Crippen molar-refractivity contribution in [2.24, 2.45) is 58.2 Å². The summed E-state index contributed by atoms with van der Waals surface area (Å²) in [5, 5.41) is 10.5. The molecule has 1 N–H and O–H groups in total. The Bertz CT molecular complexity index is 569. The summed E-state index contributed by atoms with van der Waals surface area (Å²) >= 11 is 0. The van der Waals surface area contributed by atoms with Gasteiger partial charge in [-0.25, -0.2) is 0 Å². The van der Waals surface area contributed by atoms with E-state index in [0.29, 0.717) is 16.7 Å². The largest absolute Gasteiger partial charge is 0.393 e. The maximum atomic E-state index is 10.5. The number of hydrogen-bond donors (Lipinski definition) is 1. The molecule has 4 aliphatic carbocycles. The van der Waals surface area contributed by atoms with Gasteiger partial charge in [0.25, 0.3) is 0 Å². The first kappa shape index (κ1) is 22.2. The first-order valence-corrected chi connectivity index (χ1v) is 13.3. The molecule has 29 heavy (non-hydrogen) atoms. The Labute approximate surface area is 181 Å². The van der Waals surface area contributed by atoms with Gasteiger partial charge >= 0.3 is 0 Å². The lowest BCUT2D eigenvalue weighted by Gasteiger charge is -2.62. The van der Waals surface area contributed by atoms with Gasteiger partial charge in [-0.05, 0) is 110 Å². The average Bonchev–Trinajstić information content (AvgIpc) is 3.00. The summed E-state index contributed by atoms with van der Waals surface area (Å²) in [5.74, 6) is 6.92. The van der Waals surface area contributed by atoms with Crippen LogP contribution < -0.4 is 0 Å². The van der Waals surface area contributed by atoms with Crippen LogP contribution in [0.15, 0.2) is 0 Å². The zero-order valence-corrected chi connectivity index (χ0v) is 20.4. The van der Waals surface area contributed by atoms with Crippen LogP contribution >= 0.6 is 0 Å². The SMILES string of the molecule is CC(C)CCCC(C)[C@H]1CC[C@H]2[C@@H]3CCC4C[C@@H](O)[C@H](C)C[C@]4(C)[C@H]3CC[C@]12C. The highest BCUT2D eigenvalue weighted by Crippen LogP contribution is 2.68. The van der Waals surface area contributed by atoms with Crippen LogP contribution in [-0.2, 0) is 0 Å². The number of aliphatic hydroxyl groups excluding tert-OH is 1. The van der Waals surface area contributed by atoms with Crippen molar-refractivity contribution >= 4 is 0 Å². The fourth-order valence-electron chi connectivity index (χ4n) is 9.62. The van der Waals surface area contributed by atoms with E-state index in [4.69, 9.17) is 0 Å². The summed E-state index contributed by atoms with van der Waals surface area (Å²) in [6, 6.07) is 0. The Morgan fingerprint density at radius 1 is 0.897 bits per heavy atom. The molecule has 0 amide bonds. The van der Waals surface area contributed by atoms with Crippen LogP contribution in [0.3, 0.4) is 0 Å². The second-order valence-corrected chi connectivity index (χ2v) is 13.2. The van der Waals surface area contributed by atoms with E-state index < -0.39 is 0 Å². The number of hydrogen-bond acceptors (Lipinski definition) is 1. The Hall–Kier alpha value is -0.0400. The molecule has 10 atom stereocenters. The molecule has 4 rings (SSSR count). The number of aliphatic hydroxyl groups is 1. The third-order valence-electron chi connectivity index (χ3n) is 11.2. The molecule has 168 valence electrons. The smallest absolute Gasteiger partial charge is 0.0568 e. The molecule has 0 aromatic carbocycles. The van der Waals surface area contributed by atoms with Crippen molar-refractivity contribution in [2.75, 3.05) is 0 Å². The normalized spacial score (nSPS) is 50.7. The molecule has 4 saturated carbocycles. The standard InChI is InChI=1S/C28H50O/c1-18(2)8-7-9-19(3)23-12-13-24-22-11-10-21-16-26(29)20(4)17-28(21,6)25(22)14-15-27(23,24)5/h18-26,29H,7-17H2,1-6H3/t19?,20-,21?,22+,23-,24+,25+,26-,27-,28+/m1/s1. The van der Waals surface area contributed by atoms with E-state index in [0.717, 1.165) is 47.8 Å². The molecule has 4 fully saturated rings. The van der Waals surface area contributed by atoms with Gasteiger partial charge in [0, 0.05) is 0 Å². The lowest BCUT2D eigenvalue weighted by atomic mass is 9.43. The van der Waals surface area contributed by atoms with Crippen molar-refractivity contribution in [3.8, 4) is 0 Å². The minimum atomic E-state index is -0.0407. The first-order valence-electron chi connectivity index (χ1n) is 13.3. The summed E-state index contributed by atoms with van der Waals surface area (Å²) in [6.45, 7) is 15.0. The van der Waals surface area contributed by atoms with Gasteiger partial charge in [-0.2, -0.15) is 0 Å². The quantitative estimate of drug-likeness (QED) is 0.499. The average molecular weight is 403 g/mol. The van der Waals surface area contributed by atoms with Crippen LogP contribution in [0.2, 0.25) is 0 Å². The summed E-state index contributed by atoms with van der Waals surface area (Å²) in [4.78, 5) is 0. The summed E-state index contributed by atoms with van der Waals surface area (Å²) in [6.07, 6.45) is 15.4. The minimum absolute atomic E-state index is 0.0407. The van der Waals surface area contributed by atoms with Crippen molar-refractivity contribution < 1.29 is 5.11 Å². The second kappa shape index (κ2) is 8.14. The van der Waals surface area contributed by atoms with Gasteiger partial charge in [0.2, 0.25) is 0 Å². The molecule has 1 heteroatoms. The Balaban J connectivity index is 1.47. The molecule has 4 aliphatic rings. The summed E-state index contributed by atoms with van der Waals surface area (Å²) in [5.41, 5.74) is 1.12. The number of rotatable bonds is 5. The summed E-state index contributed by atoms with van der Waals surface area (Å²) < 4.78 is 0. The van der Waals surface area contributed by atoms with Crippen LogP contribution in [-0.4, -0.2) is 11.2 Å². The molecule has 0 heterocycles. The Morgan fingerprint density at radius 3 is 2.34 bits per heavy atom.